The molecule has 0 unspecified atom stereocenters. The molecule has 0 bridgehead atoms. The van der Waals surface area contributed by atoms with E-state index >= 15 is 0 Å². The summed E-state index contributed by atoms with van der Waals surface area (Å²) in [7, 11) is 0. The Hall–Kier alpha value is 0.482. The summed E-state index contributed by atoms with van der Waals surface area (Å²) in [6.07, 6.45) is 1.92. The second-order valence-electron chi connectivity index (χ2n) is 7.62. The van der Waals surface area contributed by atoms with E-state index in [1.807, 2.05) is 41.5 Å². The van der Waals surface area contributed by atoms with Crippen LogP contribution in [0, 0.1) is 17.2 Å². The summed E-state index contributed by atoms with van der Waals surface area (Å²) < 4.78 is 14.3. The van der Waals surface area contributed by atoms with E-state index in [4.69, 9.17) is 18.0 Å². The molecular formula is C23H38CsFN2O2S2. The Balaban J connectivity index is -0.000000483. The van der Waals surface area contributed by atoms with E-state index < -0.39 is 5.60 Å². The fraction of sp³-hybridized carbons (Fsp3) is 0.522. The van der Waals surface area contributed by atoms with Gasteiger partial charge < -0.3 is 23.3 Å². The van der Waals surface area contributed by atoms with Crippen LogP contribution in [0.5, 0.6) is 0 Å². The summed E-state index contributed by atoms with van der Waals surface area (Å²) >= 11 is 6.26. The van der Waals surface area contributed by atoms with Gasteiger partial charge in [0.15, 0.2) is 3.95 Å². The van der Waals surface area contributed by atoms with Crippen LogP contribution in [0.2, 0.25) is 0 Å². The van der Waals surface area contributed by atoms with Gasteiger partial charge in [-0.15, -0.1) is 11.3 Å². The number of hydrogen-bond acceptors (Lipinski definition) is 4. The third kappa shape index (κ3) is 13.1. The number of carbonyl (C=O) groups excluding carboxylic acids is 1. The van der Waals surface area contributed by atoms with Gasteiger partial charge in [-0.3, -0.25) is 4.79 Å². The van der Waals surface area contributed by atoms with E-state index in [9.17, 15) is 14.3 Å². The molecule has 31 heavy (non-hydrogen) atoms. The molecule has 172 valence electrons. The molecule has 0 aliphatic heterocycles. The van der Waals surface area contributed by atoms with Gasteiger partial charge in [0.1, 0.15) is 5.82 Å². The summed E-state index contributed by atoms with van der Waals surface area (Å²) in [5.74, 6) is -0.263. The van der Waals surface area contributed by atoms with Crippen molar-refractivity contribution in [3.63, 3.8) is 0 Å². The molecule has 2 aromatic rings. The number of rotatable bonds is 5. The first-order chi connectivity index (χ1) is 13.3. The van der Waals surface area contributed by atoms with Crippen molar-refractivity contribution in [3.05, 3.63) is 57.1 Å². The maximum Gasteiger partial charge on any atom is 1.00 e. The molecule has 1 aromatic carbocycles. The van der Waals surface area contributed by atoms with Crippen LogP contribution in [0.3, 0.4) is 0 Å². The van der Waals surface area contributed by atoms with E-state index in [-0.39, 0.29) is 106 Å². The van der Waals surface area contributed by atoms with Gasteiger partial charge in [0.25, 0.3) is 0 Å². The molecule has 1 heterocycles. The van der Waals surface area contributed by atoms with E-state index in [0.29, 0.717) is 3.95 Å². The number of H-pyrrole nitrogens is 1. The van der Waals surface area contributed by atoms with E-state index in [1.165, 1.54) is 23.5 Å². The quantitative estimate of drug-likeness (QED) is 0.368. The van der Waals surface area contributed by atoms with Gasteiger partial charge in [-0.05, 0) is 66.7 Å². The number of aliphatic hydroxyl groups is 1. The smallest absolute Gasteiger partial charge is 0.385 e. The second kappa shape index (κ2) is 17.0. The molecule has 0 saturated heterocycles. The Labute approximate surface area is 256 Å². The van der Waals surface area contributed by atoms with Gasteiger partial charge in [0.05, 0.1) is 16.9 Å². The zero-order valence-electron chi connectivity index (χ0n) is 20.7. The molecule has 0 aliphatic carbocycles. The summed E-state index contributed by atoms with van der Waals surface area (Å²) in [6, 6.07) is 3.02. The number of carbonyl (C=O) groups is 1. The summed E-state index contributed by atoms with van der Waals surface area (Å²) in [6.45, 7) is 15.4. The van der Waals surface area contributed by atoms with Gasteiger partial charge in [0, 0.05) is 6.20 Å². The molecule has 4 N–H and O–H groups in total. The number of aromatic nitrogens is 1. The van der Waals surface area contributed by atoms with Crippen molar-refractivity contribution in [2.75, 3.05) is 0 Å². The van der Waals surface area contributed by atoms with Crippen LogP contribution in [-0.2, 0) is 16.8 Å². The van der Waals surface area contributed by atoms with Crippen LogP contribution < -0.4 is 74.6 Å². The minimum atomic E-state index is -0.766. The Kier molecular flexibility index (Phi) is 19.8. The fourth-order valence-electron chi connectivity index (χ4n) is 2.67. The molecule has 0 fully saturated rings. The summed E-state index contributed by atoms with van der Waals surface area (Å²) in [5, 5.41) is 9.45. The first kappa shape index (κ1) is 36.1. The van der Waals surface area contributed by atoms with Crippen molar-refractivity contribution >= 4 is 29.5 Å². The molecule has 0 radical (unpaired) electrons. The maximum atomic E-state index is 13.5. The number of benzene rings is 1. The standard InChI is InChI=1S/C14H20FNO.C6H9NOS2.C2H6.CH3.Cs/c1-8(2)11-5-10(15)6-12(9(3)4)13(11)7-14(16)17;1-6(2,8)4-3-7-5(9)10-4;1-2;;/h5-6,8-9H,7H2,1-4H3,(H2,16,17);3,8H,1-2H3,(H,7,9);1-2H3;1H3;/q;;;-1;+1. The van der Waals surface area contributed by atoms with Gasteiger partial charge >= 0.3 is 68.9 Å². The number of aromatic amines is 1. The van der Waals surface area contributed by atoms with Gasteiger partial charge in [-0.2, -0.15) is 0 Å². The molecule has 0 aliphatic rings. The van der Waals surface area contributed by atoms with Crippen LogP contribution in [0.4, 0.5) is 4.39 Å². The minimum Gasteiger partial charge on any atom is -0.385 e. The third-order valence-corrected chi connectivity index (χ3v) is 5.51. The Morgan fingerprint density at radius 2 is 1.61 bits per heavy atom. The van der Waals surface area contributed by atoms with E-state index in [2.05, 4.69) is 4.98 Å². The average Bonchev–Trinajstić information content (AvgIpc) is 3.04. The van der Waals surface area contributed by atoms with Crippen molar-refractivity contribution in [3.8, 4) is 0 Å². The summed E-state index contributed by atoms with van der Waals surface area (Å²) in [5.41, 5.74) is 7.16. The van der Waals surface area contributed by atoms with Crippen LogP contribution >= 0.6 is 23.6 Å². The van der Waals surface area contributed by atoms with Gasteiger partial charge in [0.2, 0.25) is 5.91 Å². The average molecular weight is 591 g/mol. The predicted molar refractivity (Wildman–Crippen MR) is 130 cm³/mol. The molecule has 0 atom stereocenters. The normalized spacial score (nSPS) is 10.2. The molecule has 1 aromatic heterocycles. The predicted octanol–water partition coefficient (Wildman–Crippen LogP) is 3.61. The Morgan fingerprint density at radius 3 is 1.84 bits per heavy atom. The van der Waals surface area contributed by atoms with Crippen molar-refractivity contribution in [1.82, 2.24) is 4.98 Å². The van der Waals surface area contributed by atoms with Crippen LogP contribution in [0.15, 0.2) is 18.3 Å². The van der Waals surface area contributed by atoms with Crippen molar-refractivity contribution < 1.29 is 83.2 Å². The molecular weight excluding hydrogens is 552 g/mol. The van der Waals surface area contributed by atoms with Crippen molar-refractivity contribution in [1.29, 1.82) is 0 Å². The number of thiazole rings is 1. The first-order valence-electron chi connectivity index (χ1n) is 9.84. The molecule has 1 amide bonds. The van der Waals surface area contributed by atoms with Crippen LogP contribution in [-0.4, -0.2) is 16.0 Å². The topological polar surface area (TPSA) is 79.1 Å². The largest absolute Gasteiger partial charge is 1.00 e. The third-order valence-electron chi connectivity index (χ3n) is 4.01. The fourth-order valence-corrected chi connectivity index (χ4v) is 3.69. The van der Waals surface area contributed by atoms with E-state index in [0.717, 1.165) is 21.6 Å². The second-order valence-corrected chi connectivity index (χ2v) is 9.34. The van der Waals surface area contributed by atoms with Crippen molar-refractivity contribution in [2.45, 2.75) is 79.2 Å². The summed E-state index contributed by atoms with van der Waals surface area (Å²) in [4.78, 5) is 14.9. The minimum absolute atomic E-state index is 0. The molecule has 4 nitrogen and oxygen atoms in total. The van der Waals surface area contributed by atoms with Crippen LogP contribution in [0.25, 0.3) is 0 Å². The van der Waals surface area contributed by atoms with E-state index in [1.54, 1.807) is 20.0 Å². The maximum absolute atomic E-state index is 13.5. The van der Waals surface area contributed by atoms with Gasteiger partial charge in [-0.1, -0.05) is 41.5 Å². The zero-order chi connectivity index (χ0) is 22.9. The van der Waals surface area contributed by atoms with Crippen molar-refractivity contribution in [2.24, 2.45) is 5.73 Å². The SMILES string of the molecule is CC.CC(C)(O)c1c[nH]c(=S)s1.CC(C)c1cc(F)cc(C(C)C)c1CC(N)=O.[CH3-].[Cs+]. The number of primary amides is 1. The molecule has 8 heteroatoms. The molecule has 2 rings (SSSR count). The molecule has 0 spiro atoms. The first-order valence-corrected chi connectivity index (χ1v) is 11.1. The number of amides is 1. The number of hydrogen-bond donors (Lipinski definition) is 3. The Morgan fingerprint density at radius 1 is 1.19 bits per heavy atom. The zero-order valence-corrected chi connectivity index (χ0v) is 28.6. The Bertz CT molecular complexity index is 812. The molecule has 0 saturated carbocycles. The van der Waals surface area contributed by atoms with Gasteiger partial charge in [-0.25, -0.2) is 4.39 Å². The number of nitrogens with one attached hydrogen (secondary N) is 1. The van der Waals surface area contributed by atoms with Crippen LogP contribution in [0.1, 0.15) is 88.8 Å². The number of nitrogens with two attached hydrogens (primary N) is 1. The monoisotopic (exact) mass is 590 g/mol. The number of halogens is 1.